The molecule has 0 fully saturated rings. The standard InChI is InChI=1S/C12H19N3O2S.ClH/c1-13-6-4-7-14-11(16)9-15(2)12(17)10-5-3-8-18-10;/h3,5,8,13H,4,6-7,9H2,1-2H3,(H,14,16);1H. The van der Waals surface area contributed by atoms with Crippen molar-refractivity contribution in [2.75, 3.05) is 33.7 Å². The third-order valence-corrected chi connectivity index (χ3v) is 3.24. The predicted octanol–water partition coefficient (Wildman–Crippen LogP) is 0.968. The van der Waals surface area contributed by atoms with E-state index < -0.39 is 0 Å². The summed E-state index contributed by atoms with van der Waals surface area (Å²) in [6.45, 7) is 1.58. The number of carbonyl (C=O) groups excluding carboxylic acids is 2. The van der Waals surface area contributed by atoms with Crippen LogP contribution in [0.25, 0.3) is 0 Å². The minimum Gasteiger partial charge on any atom is -0.355 e. The van der Waals surface area contributed by atoms with E-state index in [1.54, 1.807) is 13.1 Å². The lowest BCUT2D eigenvalue weighted by Gasteiger charge is -2.15. The molecule has 1 rings (SSSR count). The summed E-state index contributed by atoms with van der Waals surface area (Å²) in [5.74, 6) is -0.242. The topological polar surface area (TPSA) is 61.4 Å². The van der Waals surface area contributed by atoms with E-state index in [1.807, 2.05) is 18.5 Å². The monoisotopic (exact) mass is 305 g/mol. The van der Waals surface area contributed by atoms with Crippen LogP contribution in [0.3, 0.4) is 0 Å². The Hall–Kier alpha value is -1.11. The van der Waals surface area contributed by atoms with Crippen molar-refractivity contribution in [3.05, 3.63) is 22.4 Å². The Kier molecular flexibility index (Phi) is 9.20. The fourth-order valence-electron chi connectivity index (χ4n) is 1.42. The number of rotatable bonds is 7. The minimum absolute atomic E-state index is 0. The average molecular weight is 306 g/mol. The number of nitrogens with zero attached hydrogens (tertiary/aromatic N) is 1. The third-order valence-electron chi connectivity index (χ3n) is 2.39. The Bertz CT molecular complexity index is 384. The Balaban J connectivity index is 0.00000324. The first-order valence-corrected chi connectivity index (χ1v) is 6.73. The van der Waals surface area contributed by atoms with Crippen molar-refractivity contribution in [2.24, 2.45) is 0 Å². The maximum atomic E-state index is 11.9. The highest BCUT2D eigenvalue weighted by Crippen LogP contribution is 2.10. The van der Waals surface area contributed by atoms with Crippen LogP contribution < -0.4 is 10.6 Å². The van der Waals surface area contributed by atoms with Gasteiger partial charge in [0.25, 0.3) is 5.91 Å². The molecule has 2 amide bonds. The van der Waals surface area contributed by atoms with Crippen molar-refractivity contribution < 1.29 is 9.59 Å². The molecule has 5 nitrogen and oxygen atoms in total. The van der Waals surface area contributed by atoms with Crippen molar-refractivity contribution in [3.63, 3.8) is 0 Å². The van der Waals surface area contributed by atoms with Gasteiger partial charge in [0.15, 0.2) is 0 Å². The molecule has 19 heavy (non-hydrogen) atoms. The van der Waals surface area contributed by atoms with E-state index in [-0.39, 0.29) is 30.8 Å². The molecule has 1 aromatic heterocycles. The quantitative estimate of drug-likeness (QED) is 0.738. The molecule has 0 aliphatic carbocycles. The largest absolute Gasteiger partial charge is 0.355 e. The van der Waals surface area contributed by atoms with Gasteiger partial charge in [0.1, 0.15) is 0 Å². The zero-order valence-electron chi connectivity index (χ0n) is 11.1. The van der Waals surface area contributed by atoms with E-state index in [2.05, 4.69) is 10.6 Å². The molecule has 0 bridgehead atoms. The summed E-state index contributed by atoms with van der Waals surface area (Å²) in [6, 6.07) is 3.58. The first-order chi connectivity index (χ1) is 8.65. The minimum atomic E-state index is -0.126. The maximum Gasteiger partial charge on any atom is 0.264 e. The van der Waals surface area contributed by atoms with E-state index >= 15 is 0 Å². The zero-order chi connectivity index (χ0) is 13.4. The van der Waals surface area contributed by atoms with Gasteiger partial charge in [-0.3, -0.25) is 9.59 Å². The summed E-state index contributed by atoms with van der Waals surface area (Å²) >= 11 is 1.38. The van der Waals surface area contributed by atoms with Crippen molar-refractivity contribution in [1.82, 2.24) is 15.5 Å². The second-order valence-electron chi connectivity index (χ2n) is 3.95. The lowest BCUT2D eigenvalue weighted by atomic mass is 10.4. The van der Waals surface area contributed by atoms with Crippen molar-refractivity contribution in [3.8, 4) is 0 Å². The van der Waals surface area contributed by atoms with Crippen LogP contribution in [0.15, 0.2) is 17.5 Å². The molecule has 108 valence electrons. The third kappa shape index (κ3) is 6.56. The number of halogens is 1. The molecule has 1 aromatic rings. The van der Waals surface area contributed by atoms with E-state index in [0.717, 1.165) is 13.0 Å². The van der Waals surface area contributed by atoms with Crippen LogP contribution in [-0.4, -0.2) is 50.4 Å². The first kappa shape index (κ1) is 17.9. The molecule has 0 atom stereocenters. The number of hydrogen-bond acceptors (Lipinski definition) is 4. The molecule has 0 aliphatic heterocycles. The van der Waals surface area contributed by atoms with Gasteiger partial charge in [-0.15, -0.1) is 23.7 Å². The Labute approximate surface area is 123 Å². The number of likely N-dealkylation sites (N-methyl/N-ethyl adjacent to an activating group) is 1. The Morgan fingerprint density at radius 2 is 2.11 bits per heavy atom. The number of amides is 2. The maximum absolute atomic E-state index is 11.9. The molecule has 7 heteroatoms. The predicted molar refractivity (Wildman–Crippen MR) is 80.1 cm³/mol. The van der Waals surface area contributed by atoms with E-state index in [4.69, 9.17) is 0 Å². The summed E-state index contributed by atoms with van der Waals surface area (Å²) in [5.41, 5.74) is 0. The Morgan fingerprint density at radius 3 is 2.68 bits per heavy atom. The second kappa shape index (κ2) is 9.77. The zero-order valence-corrected chi connectivity index (χ0v) is 12.8. The van der Waals surface area contributed by atoms with Gasteiger partial charge in [0.05, 0.1) is 11.4 Å². The van der Waals surface area contributed by atoms with E-state index in [9.17, 15) is 9.59 Å². The molecule has 0 aliphatic rings. The van der Waals surface area contributed by atoms with Crippen LogP contribution in [-0.2, 0) is 4.79 Å². The van der Waals surface area contributed by atoms with Crippen LogP contribution in [0.2, 0.25) is 0 Å². The summed E-state index contributed by atoms with van der Waals surface area (Å²) in [4.78, 5) is 25.5. The highest BCUT2D eigenvalue weighted by Gasteiger charge is 2.15. The number of carbonyl (C=O) groups is 2. The number of thiophene rings is 1. The van der Waals surface area contributed by atoms with E-state index in [0.29, 0.717) is 11.4 Å². The summed E-state index contributed by atoms with van der Waals surface area (Å²) in [5, 5.41) is 7.63. The van der Waals surface area contributed by atoms with Gasteiger partial charge in [-0.25, -0.2) is 0 Å². The highest BCUT2D eigenvalue weighted by atomic mass is 35.5. The highest BCUT2D eigenvalue weighted by molar-refractivity contribution is 7.12. The first-order valence-electron chi connectivity index (χ1n) is 5.85. The van der Waals surface area contributed by atoms with Gasteiger partial charge in [0, 0.05) is 13.6 Å². The normalized spacial score (nSPS) is 9.58. The number of hydrogen-bond donors (Lipinski definition) is 2. The lowest BCUT2D eigenvalue weighted by Crippen LogP contribution is -2.38. The molecule has 0 radical (unpaired) electrons. The van der Waals surface area contributed by atoms with Crippen molar-refractivity contribution >= 4 is 35.6 Å². The molecule has 0 saturated carbocycles. The molecule has 0 spiro atoms. The SMILES string of the molecule is CNCCCNC(=O)CN(C)C(=O)c1cccs1.Cl. The van der Waals surface area contributed by atoms with Gasteiger partial charge in [-0.2, -0.15) is 0 Å². The van der Waals surface area contributed by atoms with Gasteiger partial charge in [-0.1, -0.05) is 6.07 Å². The fraction of sp³-hybridized carbons (Fsp3) is 0.500. The van der Waals surface area contributed by atoms with Crippen molar-refractivity contribution in [1.29, 1.82) is 0 Å². The van der Waals surface area contributed by atoms with Crippen LogP contribution in [0.5, 0.6) is 0 Å². The molecule has 1 heterocycles. The van der Waals surface area contributed by atoms with Crippen LogP contribution in [0.1, 0.15) is 16.1 Å². The van der Waals surface area contributed by atoms with Crippen LogP contribution >= 0.6 is 23.7 Å². The summed E-state index contributed by atoms with van der Waals surface area (Å²) in [7, 11) is 3.50. The lowest BCUT2D eigenvalue weighted by molar-refractivity contribution is -0.121. The fourth-order valence-corrected chi connectivity index (χ4v) is 2.14. The van der Waals surface area contributed by atoms with Crippen LogP contribution in [0, 0.1) is 0 Å². The van der Waals surface area contributed by atoms with Crippen molar-refractivity contribution in [2.45, 2.75) is 6.42 Å². The average Bonchev–Trinajstić information content (AvgIpc) is 2.87. The van der Waals surface area contributed by atoms with Gasteiger partial charge in [0.2, 0.25) is 5.91 Å². The van der Waals surface area contributed by atoms with Gasteiger partial charge >= 0.3 is 0 Å². The number of nitrogens with one attached hydrogen (secondary N) is 2. The van der Waals surface area contributed by atoms with Gasteiger partial charge in [-0.05, 0) is 31.5 Å². The molecule has 0 saturated heterocycles. The van der Waals surface area contributed by atoms with Gasteiger partial charge < -0.3 is 15.5 Å². The molecule has 0 aromatic carbocycles. The smallest absolute Gasteiger partial charge is 0.264 e. The molecular formula is C12H20ClN3O2S. The second-order valence-corrected chi connectivity index (χ2v) is 4.89. The summed E-state index contributed by atoms with van der Waals surface area (Å²) in [6.07, 6.45) is 0.880. The molecule has 0 unspecified atom stereocenters. The van der Waals surface area contributed by atoms with E-state index in [1.165, 1.54) is 16.2 Å². The molecule has 2 N–H and O–H groups in total. The summed E-state index contributed by atoms with van der Waals surface area (Å²) < 4.78 is 0. The Morgan fingerprint density at radius 1 is 1.37 bits per heavy atom. The van der Waals surface area contributed by atoms with Crippen LogP contribution in [0.4, 0.5) is 0 Å². The molecular weight excluding hydrogens is 286 g/mol.